The van der Waals surface area contributed by atoms with Crippen LogP contribution in [0.1, 0.15) is 39.6 Å². The summed E-state index contributed by atoms with van der Waals surface area (Å²) in [4.78, 5) is 22.5. The number of rotatable bonds is 8. The van der Waals surface area contributed by atoms with E-state index in [-0.39, 0.29) is 19.6 Å². The SMILES string of the molecule is Cc1ccc(C=O)cc1C(O)C(O)CCNC(=O)OCc1ccccc1. The third-order valence-electron chi connectivity index (χ3n) is 4.04. The van der Waals surface area contributed by atoms with E-state index in [2.05, 4.69) is 5.32 Å². The van der Waals surface area contributed by atoms with E-state index in [0.29, 0.717) is 17.4 Å². The summed E-state index contributed by atoms with van der Waals surface area (Å²) in [6, 6.07) is 14.2. The Kier molecular flexibility index (Phi) is 7.32. The van der Waals surface area contributed by atoms with Gasteiger partial charge in [0.05, 0.1) is 6.10 Å². The van der Waals surface area contributed by atoms with Crippen molar-refractivity contribution < 1.29 is 24.5 Å². The lowest BCUT2D eigenvalue weighted by molar-refractivity contribution is 0.0132. The molecule has 0 spiro atoms. The quantitative estimate of drug-likeness (QED) is 0.631. The van der Waals surface area contributed by atoms with Gasteiger partial charge in [0.15, 0.2) is 0 Å². The Morgan fingerprint density at radius 1 is 1.19 bits per heavy atom. The molecule has 0 radical (unpaired) electrons. The van der Waals surface area contributed by atoms with Gasteiger partial charge in [-0.3, -0.25) is 4.79 Å². The lowest BCUT2D eigenvalue weighted by atomic mass is 9.96. The highest BCUT2D eigenvalue weighted by molar-refractivity contribution is 5.75. The number of aliphatic hydroxyl groups excluding tert-OH is 2. The van der Waals surface area contributed by atoms with Gasteiger partial charge in [-0.25, -0.2) is 4.79 Å². The Balaban J connectivity index is 1.78. The van der Waals surface area contributed by atoms with Crippen molar-refractivity contribution in [3.05, 3.63) is 70.8 Å². The van der Waals surface area contributed by atoms with Crippen molar-refractivity contribution in [1.29, 1.82) is 0 Å². The highest BCUT2D eigenvalue weighted by Crippen LogP contribution is 2.23. The highest BCUT2D eigenvalue weighted by Gasteiger charge is 2.20. The molecule has 2 atom stereocenters. The van der Waals surface area contributed by atoms with E-state index in [4.69, 9.17) is 4.74 Å². The van der Waals surface area contributed by atoms with E-state index in [0.717, 1.165) is 11.1 Å². The second kappa shape index (κ2) is 9.70. The number of hydrogen-bond acceptors (Lipinski definition) is 5. The summed E-state index contributed by atoms with van der Waals surface area (Å²) in [5.41, 5.74) is 2.58. The molecule has 0 heterocycles. The fourth-order valence-electron chi connectivity index (χ4n) is 2.51. The third-order valence-corrected chi connectivity index (χ3v) is 4.04. The van der Waals surface area contributed by atoms with Crippen LogP contribution in [0.3, 0.4) is 0 Å². The lowest BCUT2D eigenvalue weighted by Gasteiger charge is -2.20. The maximum absolute atomic E-state index is 11.7. The molecule has 0 saturated heterocycles. The molecule has 0 aliphatic rings. The van der Waals surface area contributed by atoms with Gasteiger partial charge in [-0.1, -0.05) is 42.5 Å². The van der Waals surface area contributed by atoms with E-state index in [1.54, 1.807) is 25.1 Å². The number of aryl methyl sites for hydroxylation is 1. The van der Waals surface area contributed by atoms with Gasteiger partial charge < -0.3 is 20.3 Å². The molecule has 2 aromatic rings. The van der Waals surface area contributed by atoms with E-state index < -0.39 is 18.3 Å². The standard InChI is InChI=1S/C20H23NO5/c1-14-7-8-16(12-22)11-17(14)19(24)18(23)9-10-21-20(25)26-13-15-5-3-2-4-6-15/h2-8,11-12,18-19,23-24H,9-10,13H2,1H3,(H,21,25). The van der Waals surface area contributed by atoms with Crippen LogP contribution in [0, 0.1) is 6.92 Å². The Labute approximate surface area is 152 Å². The molecular weight excluding hydrogens is 334 g/mol. The minimum atomic E-state index is -1.14. The number of ether oxygens (including phenoxy) is 1. The number of carbonyl (C=O) groups excluding carboxylic acids is 2. The number of aliphatic hydroxyl groups is 2. The summed E-state index contributed by atoms with van der Waals surface area (Å²) >= 11 is 0. The number of amides is 1. The lowest BCUT2D eigenvalue weighted by Crippen LogP contribution is -2.30. The second-order valence-electron chi connectivity index (χ2n) is 6.02. The number of aldehydes is 1. The fraction of sp³-hybridized carbons (Fsp3) is 0.300. The Morgan fingerprint density at radius 3 is 2.62 bits per heavy atom. The summed E-state index contributed by atoms with van der Waals surface area (Å²) in [5.74, 6) is 0. The van der Waals surface area contributed by atoms with Gasteiger partial charge in [0.1, 0.15) is 19.0 Å². The van der Waals surface area contributed by atoms with Crippen molar-refractivity contribution in [3.8, 4) is 0 Å². The zero-order valence-corrected chi connectivity index (χ0v) is 14.6. The second-order valence-corrected chi connectivity index (χ2v) is 6.02. The first-order chi connectivity index (χ1) is 12.5. The number of alkyl carbamates (subject to hydrolysis) is 1. The topological polar surface area (TPSA) is 95.9 Å². The number of carbonyl (C=O) groups is 2. The molecule has 6 heteroatoms. The zero-order valence-electron chi connectivity index (χ0n) is 14.6. The third kappa shape index (κ3) is 5.68. The van der Waals surface area contributed by atoms with Crippen LogP contribution in [0.4, 0.5) is 4.79 Å². The molecule has 3 N–H and O–H groups in total. The van der Waals surface area contributed by atoms with Gasteiger partial charge in [-0.2, -0.15) is 0 Å². The number of hydrogen-bond donors (Lipinski definition) is 3. The van der Waals surface area contributed by atoms with Crippen LogP contribution in [0.2, 0.25) is 0 Å². The molecule has 138 valence electrons. The largest absolute Gasteiger partial charge is 0.445 e. The van der Waals surface area contributed by atoms with Crippen LogP contribution in [0.5, 0.6) is 0 Å². The minimum absolute atomic E-state index is 0.145. The van der Waals surface area contributed by atoms with Crippen LogP contribution in [-0.4, -0.2) is 35.2 Å². The Morgan fingerprint density at radius 2 is 1.92 bits per heavy atom. The Bertz CT molecular complexity index is 732. The van der Waals surface area contributed by atoms with Gasteiger partial charge in [0.2, 0.25) is 0 Å². The fourth-order valence-corrected chi connectivity index (χ4v) is 2.51. The normalized spacial score (nSPS) is 12.9. The summed E-state index contributed by atoms with van der Waals surface area (Å²) < 4.78 is 5.07. The summed E-state index contributed by atoms with van der Waals surface area (Å²) in [6.45, 7) is 2.10. The molecule has 0 saturated carbocycles. The molecule has 0 aliphatic carbocycles. The minimum Gasteiger partial charge on any atom is -0.445 e. The molecule has 1 amide bonds. The van der Waals surface area contributed by atoms with Crippen molar-refractivity contribution in [2.75, 3.05) is 6.54 Å². The predicted molar refractivity (Wildman–Crippen MR) is 96.8 cm³/mol. The van der Waals surface area contributed by atoms with Crippen molar-refractivity contribution in [2.24, 2.45) is 0 Å². The van der Waals surface area contributed by atoms with Crippen molar-refractivity contribution in [1.82, 2.24) is 5.32 Å². The molecule has 0 aliphatic heterocycles. The van der Waals surface area contributed by atoms with Gasteiger partial charge in [0, 0.05) is 12.1 Å². The number of benzene rings is 2. The first kappa shape index (κ1) is 19.6. The summed E-state index contributed by atoms with van der Waals surface area (Å²) in [5, 5.41) is 23.0. The molecule has 0 fully saturated rings. The predicted octanol–water partition coefficient (Wildman–Crippen LogP) is 2.52. The van der Waals surface area contributed by atoms with E-state index in [1.807, 2.05) is 30.3 Å². The maximum Gasteiger partial charge on any atom is 0.407 e. The first-order valence-electron chi connectivity index (χ1n) is 8.37. The molecule has 6 nitrogen and oxygen atoms in total. The molecule has 0 aromatic heterocycles. The smallest absolute Gasteiger partial charge is 0.407 e. The molecular formula is C20H23NO5. The van der Waals surface area contributed by atoms with E-state index >= 15 is 0 Å². The molecule has 0 bridgehead atoms. The van der Waals surface area contributed by atoms with Crippen molar-refractivity contribution in [3.63, 3.8) is 0 Å². The van der Waals surface area contributed by atoms with E-state index in [1.165, 1.54) is 0 Å². The molecule has 2 rings (SSSR count). The van der Waals surface area contributed by atoms with Gasteiger partial charge in [-0.15, -0.1) is 0 Å². The van der Waals surface area contributed by atoms with Crippen LogP contribution in [-0.2, 0) is 11.3 Å². The van der Waals surface area contributed by atoms with Crippen LogP contribution in [0.15, 0.2) is 48.5 Å². The number of nitrogens with one attached hydrogen (secondary N) is 1. The van der Waals surface area contributed by atoms with Crippen LogP contribution >= 0.6 is 0 Å². The molecule has 26 heavy (non-hydrogen) atoms. The monoisotopic (exact) mass is 357 g/mol. The van der Waals surface area contributed by atoms with Gasteiger partial charge in [0.25, 0.3) is 0 Å². The molecule has 2 aromatic carbocycles. The van der Waals surface area contributed by atoms with Crippen LogP contribution in [0.25, 0.3) is 0 Å². The summed E-state index contributed by atoms with van der Waals surface area (Å²) in [7, 11) is 0. The van der Waals surface area contributed by atoms with Gasteiger partial charge in [-0.05, 0) is 36.1 Å². The average molecular weight is 357 g/mol. The Hall–Kier alpha value is -2.70. The molecule has 2 unspecified atom stereocenters. The van der Waals surface area contributed by atoms with Crippen LogP contribution < -0.4 is 5.32 Å². The van der Waals surface area contributed by atoms with E-state index in [9.17, 15) is 19.8 Å². The highest BCUT2D eigenvalue weighted by atomic mass is 16.5. The van der Waals surface area contributed by atoms with Gasteiger partial charge >= 0.3 is 6.09 Å². The maximum atomic E-state index is 11.7. The van der Waals surface area contributed by atoms with Crippen molar-refractivity contribution in [2.45, 2.75) is 32.2 Å². The zero-order chi connectivity index (χ0) is 18.9. The average Bonchev–Trinajstić information content (AvgIpc) is 2.67. The van der Waals surface area contributed by atoms with Crippen molar-refractivity contribution >= 4 is 12.4 Å². The summed E-state index contributed by atoms with van der Waals surface area (Å²) in [6.07, 6.45) is -1.98. The first-order valence-corrected chi connectivity index (χ1v) is 8.37.